The van der Waals surface area contributed by atoms with E-state index in [9.17, 15) is 4.79 Å². The van der Waals surface area contributed by atoms with Crippen LogP contribution in [0.15, 0.2) is 24.3 Å². The van der Waals surface area contributed by atoms with Gasteiger partial charge in [-0.3, -0.25) is 4.79 Å². The number of piperazine rings is 1. The van der Waals surface area contributed by atoms with Crippen LogP contribution < -0.4 is 9.64 Å². The first-order valence-corrected chi connectivity index (χ1v) is 6.44. The highest BCUT2D eigenvalue weighted by Gasteiger charge is 2.20. The van der Waals surface area contributed by atoms with Crippen molar-refractivity contribution in [3.8, 4) is 5.75 Å². The molecule has 1 aromatic rings. The second kappa shape index (κ2) is 5.76. The minimum Gasteiger partial charge on any atom is -0.492 e. The van der Waals surface area contributed by atoms with Crippen LogP contribution in [0.1, 0.15) is 13.8 Å². The normalized spacial score (nSPS) is 15.7. The van der Waals surface area contributed by atoms with Crippen molar-refractivity contribution in [2.75, 3.05) is 37.7 Å². The van der Waals surface area contributed by atoms with Gasteiger partial charge in [-0.25, -0.2) is 0 Å². The largest absolute Gasteiger partial charge is 0.492 e. The molecular formula is C14H20N2O2. The first kappa shape index (κ1) is 12.7. The molecule has 0 aromatic heterocycles. The maximum absolute atomic E-state index is 11.3. The zero-order valence-corrected chi connectivity index (χ0v) is 11.1. The van der Waals surface area contributed by atoms with Gasteiger partial charge in [-0.2, -0.15) is 0 Å². The molecule has 0 unspecified atom stereocenters. The number of hydrogen-bond acceptors (Lipinski definition) is 3. The number of amides is 1. The van der Waals surface area contributed by atoms with Crippen LogP contribution in [0.25, 0.3) is 0 Å². The first-order valence-electron chi connectivity index (χ1n) is 6.44. The van der Waals surface area contributed by atoms with Crippen LogP contribution in [-0.4, -0.2) is 43.6 Å². The molecule has 18 heavy (non-hydrogen) atoms. The summed E-state index contributed by atoms with van der Waals surface area (Å²) in [5.74, 6) is 1.09. The maximum Gasteiger partial charge on any atom is 0.219 e. The van der Waals surface area contributed by atoms with Gasteiger partial charge in [-0.05, 0) is 19.1 Å². The molecule has 0 bridgehead atoms. The van der Waals surface area contributed by atoms with Gasteiger partial charge in [0.2, 0.25) is 5.91 Å². The number of benzene rings is 1. The predicted octanol–water partition coefficient (Wildman–Crippen LogP) is 1.75. The highest BCUT2D eigenvalue weighted by atomic mass is 16.5. The van der Waals surface area contributed by atoms with E-state index >= 15 is 0 Å². The lowest BCUT2D eigenvalue weighted by molar-refractivity contribution is -0.129. The maximum atomic E-state index is 11.3. The summed E-state index contributed by atoms with van der Waals surface area (Å²) in [6.07, 6.45) is 0. The number of carbonyl (C=O) groups excluding carboxylic acids is 1. The molecule has 0 atom stereocenters. The monoisotopic (exact) mass is 248 g/mol. The molecule has 1 aliphatic rings. The van der Waals surface area contributed by atoms with E-state index in [4.69, 9.17) is 4.74 Å². The molecule has 0 N–H and O–H groups in total. The van der Waals surface area contributed by atoms with Crippen molar-refractivity contribution in [3.63, 3.8) is 0 Å². The summed E-state index contributed by atoms with van der Waals surface area (Å²) >= 11 is 0. The summed E-state index contributed by atoms with van der Waals surface area (Å²) in [6.45, 7) is 7.59. The molecule has 4 heteroatoms. The molecular weight excluding hydrogens is 228 g/mol. The fraction of sp³-hybridized carbons (Fsp3) is 0.500. The van der Waals surface area contributed by atoms with Crippen LogP contribution in [0.2, 0.25) is 0 Å². The van der Waals surface area contributed by atoms with E-state index in [0.29, 0.717) is 6.61 Å². The van der Waals surface area contributed by atoms with E-state index in [-0.39, 0.29) is 5.91 Å². The zero-order chi connectivity index (χ0) is 13.0. The quantitative estimate of drug-likeness (QED) is 0.817. The summed E-state index contributed by atoms with van der Waals surface area (Å²) in [6, 6.07) is 8.08. The lowest BCUT2D eigenvalue weighted by Gasteiger charge is -2.36. The van der Waals surface area contributed by atoms with Crippen molar-refractivity contribution < 1.29 is 9.53 Å². The Bertz CT molecular complexity index is 412. The number of hydrogen-bond donors (Lipinski definition) is 0. The molecule has 1 amide bonds. The second-order valence-corrected chi connectivity index (χ2v) is 4.39. The minimum atomic E-state index is 0.160. The SMILES string of the molecule is CCOc1ccccc1N1CCN(C(C)=O)CC1. The number of rotatable bonds is 3. The molecule has 98 valence electrons. The Morgan fingerprint density at radius 3 is 2.50 bits per heavy atom. The smallest absolute Gasteiger partial charge is 0.219 e. The van der Waals surface area contributed by atoms with Gasteiger partial charge in [-0.1, -0.05) is 12.1 Å². The highest BCUT2D eigenvalue weighted by Crippen LogP contribution is 2.28. The average molecular weight is 248 g/mol. The molecule has 0 aliphatic carbocycles. The van der Waals surface area contributed by atoms with E-state index in [1.54, 1.807) is 6.92 Å². The van der Waals surface area contributed by atoms with E-state index in [1.807, 2.05) is 30.0 Å². The third kappa shape index (κ3) is 2.75. The van der Waals surface area contributed by atoms with Gasteiger partial charge in [0.15, 0.2) is 0 Å². The molecule has 0 radical (unpaired) electrons. The van der Waals surface area contributed by atoms with Gasteiger partial charge in [0.25, 0.3) is 0 Å². The molecule has 1 saturated heterocycles. The van der Waals surface area contributed by atoms with Crippen LogP contribution >= 0.6 is 0 Å². The van der Waals surface area contributed by atoms with Gasteiger partial charge < -0.3 is 14.5 Å². The fourth-order valence-electron chi connectivity index (χ4n) is 2.26. The van der Waals surface area contributed by atoms with E-state index in [1.165, 1.54) is 0 Å². The topological polar surface area (TPSA) is 32.8 Å². The van der Waals surface area contributed by atoms with Crippen LogP contribution in [-0.2, 0) is 4.79 Å². The lowest BCUT2D eigenvalue weighted by atomic mass is 10.2. The van der Waals surface area contributed by atoms with Crippen molar-refractivity contribution in [2.45, 2.75) is 13.8 Å². The third-order valence-corrected chi connectivity index (χ3v) is 3.23. The zero-order valence-electron chi connectivity index (χ0n) is 11.1. The van der Waals surface area contributed by atoms with Gasteiger partial charge in [0.1, 0.15) is 5.75 Å². The van der Waals surface area contributed by atoms with Gasteiger partial charge in [0, 0.05) is 33.1 Å². The Hall–Kier alpha value is -1.71. The Morgan fingerprint density at radius 1 is 1.22 bits per heavy atom. The van der Waals surface area contributed by atoms with E-state index in [2.05, 4.69) is 11.0 Å². The van der Waals surface area contributed by atoms with Crippen molar-refractivity contribution in [2.24, 2.45) is 0 Å². The van der Waals surface area contributed by atoms with Gasteiger partial charge >= 0.3 is 0 Å². The number of anilines is 1. The summed E-state index contributed by atoms with van der Waals surface area (Å²) in [7, 11) is 0. The van der Waals surface area contributed by atoms with Crippen molar-refractivity contribution in [1.29, 1.82) is 0 Å². The fourth-order valence-corrected chi connectivity index (χ4v) is 2.26. The van der Waals surface area contributed by atoms with Crippen LogP contribution in [0.5, 0.6) is 5.75 Å². The van der Waals surface area contributed by atoms with E-state index < -0.39 is 0 Å². The summed E-state index contributed by atoms with van der Waals surface area (Å²) < 4.78 is 5.64. The number of carbonyl (C=O) groups is 1. The van der Waals surface area contributed by atoms with Crippen molar-refractivity contribution >= 4 is 11.6 Å². The third-order valence-electron chi connectivity index (χ3n) is 3.23. The Labute approximate surface area is 108 Å². The predicted molar refractivity (Wildman–Crippen MR) is 72.1 cm³/mol. The number of ether oxygens (including phenoxy) is 1. The molecule has 0 saturated carbocycles. The Balaban J connectivity index is 2.07. The van der Waals surface area contributed by atoms with E-state index in [0.717, 1.165) is 37.6 Å². The first-order chi connectivity index (χ1) is 8.72. The van der Waals surface area contributed by atoms with Crippen LogP contribution in [0.4, 0.5) is 5.69 Å². The molecule has 1 heterocycles. The molecule has 1 aromatic carbocycles. The Morgan fingerprint density at radius 2 is 1.89 bits per heavy atom. The van der Waals surface area contributed by atoms with Crippen molar-refractivity contribution in [3.05, 3.63) is 24.3 Å². The van der Waals surface area contributed by atoms with Gasteiger partial charge in [-0.15, -0.1) is 0 Å². The summed E-state index contributed by atoms with van der Waals surface area (Å²) in [5.41, 5.74) is 1.13. The second-order valence-electron chi connectivity index (χ2n) is 4.39. The Kier molecular flexibility index (Phi) is 4.07. The number of nitrogens with zero attached hydrogens (tertiary/aromatic N) is 2. The molecule has 1 fully saturated rings. The highest BCUT2D eigenvalue weighted by molar-refractivity contribution is 5.73. The van der Waals surface area contributed by atoms with Crippen molar-refractivity contribution in [1.82, 2.24) is 4.90 Å². The number of para-hydroxylation sites is 2. The molecule has 4 nitrogen and oxygen atoms in total. The van der Waals surface area contributed by atoms with Crippen LogP contribution in [0.3, 0.4) is 0 Å². The summed E-state index contributed by atoms with van der Waals surface area (Å²) in [4.78, 5) is 15.5. The molecule has 2 rings (SSSR count). The lowest BCUT2D eigenvalue weighted by Crippen LogP contribution is -2.48. The van der Waals surface area contributed by atoms with Crippen LogP contribution in [0, 0.1) is 0 Å². The molecule has 1 aliphatic heterocycles. The summed E-state index contributed by atoms with van der Waals surface area (Å²) in [5, 5.41) is 0. The standard InChI is InChI=1S/C14H20N2O2/c1-3-18-14-7-5-4-6-13(14)16-10-8-15(9-11-16)12(2)17/h4-7H,3,8-11H2,1-2H3. The average Bonchev–Trinajstić information content (AvgIpc) is 2.40. The minimum absolute atomic E-state index is 0.160. The molecule has 0 spiro atoms. The van der Waals surface area contributed by atoms with Gasteiger partial charge in [0.05, 0.1) is 12.3 Å².